The van der Waals surface area contributed by atoms with Gasteiger partial charge in [0.2, 0.25) is 0 Å². The number of rotatable bonds is 4. The summed E-state index contributed by atoms with van der Waals surface area (Å²) in [7, 11) is 2.16. The predicted molar refractivity (Wildman–Crippen MR) is 148 cm³/mol. The number of likely N-dealkylation sites (N-methyl/N-ethyl adjacent to an activating group) is 1. The minimum Gasteiger partial charge on any atom is -0.369 e. The molecule has 1 saturated heterocycles. The average Bonchev–Trinajstić information content (AvgIpc) is 2.94. The van der Waals surface area contributed by atoms with Gasteiger partial charge in [0, 0.05) is 77.6 Å². The Morgan fingerprint density at radius 1 is 0.811 bits per heavy atom. The third-order valence-electron chi connectivity index (χ3n) is 6.91. The van der Waals surface area contributed by atoms with Crippen LogP contribution in [0, 0.1) is 5.82 Å². The molecule has 3 aromatic heterocycles. The molecule has 1 fully saturated rings. The van der Waals surface area contributed by atoms with E-state index in [1.807, 2.05) is 30.6 Å². The molecule has 2 aromatic carbocycles. The molecule has 5 aromatic rings. The highest BCUT2D eigenvalue weighted by molar-refractivity contribution is 6.30. The van der Waals surface area contributed by atoms with Gasteiger partial charge in [-0.3, -0.25) is 4.98 Å². The molecule has 6 rings (SSSR count). The first-order valence-corrected chi connectivity index (χ1v) is 12.6. The van der Waals surface area contributed by atoms with Gasteiger partial charge in [0.1, 0.15) is 5.82 Å². The lowest BCUT2D eigenvalue weighted by Crippen LogP contribution is -2.44. The molecule has 1 aliphatic heterocycles. The minimum atomic E-state index is -0.384. The Labute approximate surface area is 220 Å². The number of piperazine rings is 1. The fraction of sp³-hybridized carbons (Fsp3) is 0.167. The van der Waals surface area contributed by atoms with E-state index in [9.17, 15) is 4.39 Å². The van der Waals surface area contributed by atoms with Crippen molar-refractivity contribution in [3.63, 3.8) is 0 Å². The number of hydrogen-bond acceptors (Lipinski definition) is 5. The van der Waals surface area contributed by atoms with Gasteiger partial charge in [-0.1, -0.05) is 23.7 Å². The highest BCUT2D eigenvalue weighted by Crippen LogP contribution is 2.34. The van der Waals surface area contributed by atoms with Crippen molar-refractivity contribution >= 4 is 28.3 Å². The summed E-state index contributed by atoms with van der Waals surface area (Å²) in [5.74, 6) is -0.384. The van der Waals surface area contributed by atoms with Gasteiger partial charge in [-0.05, 0) is 72.8 Å². The molecule has 5 nitrogen and oxygen atoms in total. The van der Waals surface area contributed by atoms with Crippen molar-refractivity contribution in [2.24, 2.45) is 0 Å². The lowest BCUT2D eigenvalue weighted by atomic mass is 9.98. The molecule has 0 N–H and O–H groups in total. The maximum absolute atomic E-state index is 14.7. The third kappa shape index (κ3) is 4.78. The predicted octanol–water partition coefficient (Wildman–Crippen LogP) is 6.57. The van der Waals surface area contributed by atoms with Gasteiger partial charge in [-0.25, -0.2) is 14.4 Å². The van der Waals surface area contributed by atoms with E-state index in [1.54, 1.807) is 12.3 Å². The quantitative estimate of drug-likeness (QED) is 0.274. The van der Waals surface area contributed by atoms with E-state index in [-0.39, 0.29) is 5.82 Å². The van der Waals surface area contributed by atoms with Crippen LogP contribution in [0.5, 0.6) is 0 Å². The van der Waals surface area contributed by atoms with Gasteiger partial charge in [0.25, 0.3) is 0 Å². The smallest absolute Gasteiger partial charge is 0.160 e. The maximum atomic E-state index is 14.7. The molecule has 184 valence electrons. The van der Waals surface area contributed by atoms with Gasteiger partial charge in [-0.2, -0.15) is 0 Å². The van der Waals surface area contributed by atoms with Crippen LogP contribution in [0.4, 0.5) is 10.1 Å². The van der Waals surface area contributed by atoms with Gasteiger partial charge in [0.05, 0.1) is 5.69 Å². The second kappa shape index (κ2) is 9.88. The largest absolute Gasteiger partial charge is 0.369 e. The van der Waals surface area contributed by atoms with Crippen molar-refractivity contribution in [3.05, 3.63) is 96.2 Å². The van der Waals surface area contributed by atoms with Crippen LogP contribution in [-0.2, 0) is 0 Å². The van der Waals surface area contributed by atoms with E-state index in [1.165, 1.54) is 17.8 Å². The van der Waals surface area contributed by atoms with Crippen LogP contribution in [0.1, 0.15) is 0 Å². The van der Waals surface area contributed by atoms with Crippen LogP contribution >= 0.6 is 11.6 Å². The van der Waals surface area contributed by atoms with Crippen LogP contribution in [-0.4, -0.2) is 53.1 Å². The number of benzene rings is 2. The van der Waals surface area contributed by atoms with Crippen LogP contribution in [0.2, 0.25) is 5.02 Å². The van der Waals surface area contributed by atoms with Crippen molar-refractivity contribution in [2.75, 3.05) is 38.1 Å². The molecule has 4 heterocycles. The van der Waals surface area contributed by atoms with Crippen molar-refractivity contribution in [1.29, 1.82) is 0 Å². The first-order chi connectivity index (χ1) is 18.0. The summed E-state index contributed by atoms with van der Waals surface area (Å²) in [4.78, 5) is 18.4. The minimum absolute atomic E-state index is 0.338. The van der Waals surface area contributed by atoms with Crippen molar-refractivity contribution in [2.45, 2.75) is 0 Å². The number of hydrogen-bond donors (Lipinski definition) is 0. The summed E-state index contributed by atoms with van der Waals surface area (Å²) in [5.41, 5.74) is 6.47. The fourth-order valence-corrected chi connectivity index (χ4v) is 4.97. The molecule has 1 aliphatic rings. The number of aromatic nitrogens is 3. The zero-order valence-electron chi connectivity index (χ0n) is 20.4. The van der Waals surface area contributed by atoms with Gasteiger partial charge < -0.3 is 9.80 Å². The molecular formula is C30H25ClFN5. The van der Waals surface area contributed by atoms with Crippen LogP contribution in [0.25, 0.3) is 44.5 Å². The molecule has 0 aliphatic carbocycles. The van der Waals surface area contributed by atoms with E-state index >= 15 is 0 Å². The second-order valence-corrected chi connectivity index (χ2v) is 9.79. The average molecular weight is 510 g/mol. The number of pyridine rings is 3. The summed E-state index contributed by atoms with van der Waals surface area (Å²) in [6.07, 6.45) is 5.38. The molecule has 0 saturated carbocycles. The lowest BCUT2D eigenvalue weighted by molar-refractivity contribution is 0.313. The molecule has 0 spiro atoms. The summed E-state index contributed by atoms with van der Waals surface area (Å²) in [6.45, 7) is 4.21. The highest BCUT2D eigenvalue weighted by atomic mass is 35.5. The Balaban J connectivity index is 1.39. The van der Waals surface area contributed by atoms with E-state index in [0.29, 0.717) is 21.9 Å². The normalized spacial score (nSPS) is 14.3. The Kier molecular flexibility index (Phi) is 6.28. The van der Waals surface area contributed by atoms with Crippen molar-refractivity contribution in [3.8, 4) is 33.5 Å². The fourth-order valence-electron chi connectivity index (χ4n) is 4.80. The molecule has 37 heavy (non-hydrogen) atoms. The molecule has 0 radical (unpaired) electrons. The summed E-state index contributed by atoms with van der Waals surface area (Å²) >= 11 is 6.17. The summed E-state index contributed by atoms with van der Waals surface area (Å²) < 4.78 is 14.7. The second-order valence-electron chi connectivity index (χ2n) is 9.35. The Hall–Kier alpha value is -3.87. The first-order valence-electron chi connectivity index (χ1n) is 12.3. The zero-order valence-corrected chi connectivity index (χ0v) is 21.2. The van der Waals surface area contributed by atoms with Crippen molar-refractivity contribution < 1.29 is 4.39 Å². The van der Waals surface area contributed by atoms with E-state index < -0.39 is 0 Å². The number of nitrogens with zero attached hydrogens (tertiary/aromatic N) is 5. The summed E-state index contributed by atoms with van der Waals surface area (Å²) in [6, 6.07) is 21.0. The van der Waals surface area contributed by atoms with Crippen molar-refractivity contribution in [1.82, 2.24) is 19.9 Å². The molecule has 0 unspecified atom stereocenters. The van der Waals surface area contributed by atoms with E-state index in [2.05, 4.69) is 62.1 Å². The SMILES string of the molecule is CN1CCN(c2ccc(-c3cncc(-c4cc(-c5cc(Cl)ccc5F)nc5ncccc45)c3)cc2)CC1. The Morgan fingerprint density at radius 2 is 1.59 bits per heavy atom. The molecule has 7 heteroatoms. The number of halogens is 2. The van der Waals surface area contributed by atoms with Gasteiger partial charge in [-0.15, -0.1) is 0 Å². The molecule has 0 atom stereocenters. The van der Waals surface area contributed by atoms with Crippen LogP contribution < -0.4 is 4.90 Å². The van der Waals surface area contributed by atoms with E-state index in [0.717, 1.165) is 53.8 Å². The van der Waals surface area contributed by atoms with Crippen LogP contribution in [0.15, 0.2) is 85.3 Å². The topological polar surface area (TPSA) is 45.2 Å². The van der Waals surface area contributed by atoms with Gasteiger partial charge in [0.15, 0.2) is 5.65 Å². The standard InChI is InChI=1S/C30H25ClFN5/c1-36-11-13-37(14-12-36)24-7-4-20(5-8-24)21-15-22(19-33-18-21)26-17-29(27-16-23(31)6-9-28(27)32)35-30-25(26)3-2-10-34-30/h2-10,15-19H,11-14H2,1H3. The van der Waals surface area contributed by atoms with E-state index in [4.69, 9.17) is 11.6 Å². The Morgan fingerprint density at radius 3 is 2.41 bits per heavy atom. The molecule has 0 amide bonds. The highest BCUT2D eigenvalue weighted by Gasteiger charge is 2.16. The number of anilines is 1. The monoisotopic (exact) mass is 509 g/mol. The lowest BCUT2D eigenvalue weighted by Gasteiger charge is -2.34. The molecular weight excluding hydrogens is 485 g/mol. The summed E-state index contributed by atoms with van der Waals surface area (Å²) in [5, 5.41) is 1.32. The number of fused-ring (bicyclic) bond motifs is 1. The molecule has 0 bridgehead atoms. The van der Waals surface area contributed by atoms with Gasteiger partial charge >= 0.3 is 0 Å². The Bertz CT molecular complexity index is 1580. The maximum Gasteiger partial charge on any atom is 0.160 e. The zero-order chi connectivity index (χ0) is 25.4. The first kappa shape index (κ1) is 23.5. The van der Waals surface area contributed by atoms with Crippen LogP contribution in [0.3, 0.4) is 0 Å². The third-order valence-corrected chi connectivity index (χ3v) is 7.14.